The number of anilines is 2. The quantitative estimate of drug-likeness (QED) is 0.311. The maximum atomic E-state index is 13.1. The van der Waals surface area contributed by atoms with Crippen LogP contribution in [0.25, 0.3) is 0 Å². The number of para-hydroxylation sites is 1. The van der Waals surface area contributed by atoms with Crippen molar-refractivity contribution >= 4 is 34.7 Å². The number of nitro benzene ring substituents is 1. The van der Waals surface area contributed by atoms with Crippen molar-refractivity contribution < 1.29 is 19.3 Å². The lowest BCUT2D eigenvalue weighted by atomic mass is 9.97. The Morgan fingerprint density at radius 2 is 1.55 bits per heavy atom. The maximum absolute atomic E-state index is 13.1. The Kier molecular flexibility index (Phi) is 7.14. The van der Waals surface area contributed by atoms with E-state index in [9.17, 15) is 24.5 Å². The van der Waals surface area contributed by atoms with Crippen molar-refractivity contribution in [2.45, 2.75) is 0 Å². The largest absolute Gasteiger partial charge is 0.372 e. The van der Waals surface area contributed by atoms with Crippen LogP contribution in [-0.4, -0.2) is 43.2 Å². The second kappa shape index (κ2) is 10.2. The predicted octanol–water partition coefficient (Wildman–Crippen LogP) is 3.26. The molecule has 0 aliphatic carbocycles. The number of nitro groups is 1. The van der Waals surface area contributed by atoms with Crippen molar-refractivity contribution in [1.29, 1.82) is 0 Å². The molecule has 9 nitrogen and oxygen atoms in total. The number of carbonyl (C=O) groups excluding carboxylic acids is 3. The van der Waals surface area contributed by atoms with E-state index in [0.29, 0.717) is 11.4 Å². The fourth-order valence-corrected chi connectivity index (χ4v) is 3.21. The van der Waals surface area contributed by atoms with Gasteiger partial charge in [0, 0.05) is 37.0 Å². The minimum atomic E-state index is -0.610. The molecule has 2 amide bonds. The van der Waals surface area contributed by atoms with Gasteiger partial charge in [0.05, 0.1) is 17.0 Å². The van der Waals surface area contributed by atoms with Crippen LogP contribution in [-0.2, 0) is 4.79 Å². The molecule has 3 aromatic carbocycles. The van der Waals surface area contributed by atoms with Crippen molar-refractivity contribution in [2.75, 3.05) is 30.9 Å². The van der Waals surface area contributed by atoms with Crippen LogP contribution in [0.1, 0.15) is 26.3 Å². The first kappa shape index (κ1) is 23.1. The van der Waals surface area contributed by atoms with E-state index in [0.717, 1.165) is 0 Å². The number of nitrogens with one attached hydrogen (secondary N) is 2. The molecule has 33 heavy (non-hydrogen) atoms. The zero-order valence-electron chi connectivity index (χ0n) is 18.1. The lowest BCUT2D eigenvalue weighted by molar-refractivity contribution is -0.384. The minimum Gasteiger partial charge on any atom is -0.372 e. The Labute approximate surface area is 190 Å². The summed E-state index contributed by atoms with van der Waals surface area (Å²) in [4.78, 5) is 50.4. The molecule has 0 heterocycles. The third kappa shape index (κ3) is 5.59. The van der Waals surface area contributed by atoms with Crippen molar-refractivity contribution in [3.05, 3.63) is 99.6 Å². The van der Waals surface area contributed by atoms with Gasteiger partial charge in [-0.3, -0.25) is 24.5 Å². The number of nitrogens with zero attached hydrogens (tertiary/aromatic N) is 2. The van der Waals surface area contributed by atoms with E-state index in [-0.39, 0.29) is 28.9 Å². The number of hydrogen-bond acceptors (Lipinski definition) is 6. The highest BCUT2D eigenvalue weighted by molar-refractivity contribution is 6.16. The van der Waals surface area contributed by atoms with Crippen LogP contribution in [0, 0.1) is 10.1 Å². The van der Waals surface area contributed by atoms with E-state index in [2.05, 4.69) is 10.6 Å². The summed E-state index contributed by atoms with van der Waals surface area (Å²) in [5.74, 6) is -1.57. The van der Waals surface area contributed by atoms with Crippen molar-refractivity contribution in [3.8, 4) is 0 Å². The number of ketones is 1. The summed E-state index contributed by atoms with van der Waals surface area (Å²) < 4.78 is 0. The van der Waals surface area contributed by atoms with Gasteiger partial charge in [-0.15, -0.1) is 0 Å². The average Bonchev–Trinajstić information content (AvgIpc) is 2.82. The highest BCUT2D eigenvalue weighted by atomic mass is 16.6. The van der Waals surface area contributed by atoms with Gasteiger partial charge in [-0.2, -0.15) is 0 Å². The standard InChI is InChI=1S/C24H22N4O5/c1-27(2)20-13-12-16(14-21(20)28(32)33)23(30)18-10-6-7-11-19(18)24(31)25-15-22(29)26-17-8-4-3-5-9-17/h3-14H,15H2,1-2H3,(H,25,31)(H,26,29). The number of carbonyl (C=O) groups is 3. The summed E-state index contributed by atoms with van der Waals surface area (Å²) in [5.41, 5.74) is 0.946. The van der Waals surface area contributed by atoms with Crippen LogP contribution >= 0.6 is 0 Å². The summed E-state index contributed by atoms with van der Waals surface area (Å²) in [5, 5.41) is 16.6. The van der Waals surface area contributed by atoms with E-state index in [1.165, 1.54) is 30.3 Å². The molecule has 3 rings (SSSR count). The molecule has 2 N–H and O–H groups in total. The van der Waals surface area contributed by atoms with Crippen LogP contribution in [0.3, 0.4) is 0 Å². The minimum absolute atomic E-state index is 0.0642. The number of amides is 2. The van der Waals surface area contributed by atoms with Crippen molar-refractivity contribution in [2.24, 2.45) is 0 Å². The van der Waals surface area contributed by atoms with Crippen LogP contribution in [0.4, 0.5) is 17.1 Å². The molecular formula is C24H22N4O5. The van der Waals surface area contributed by atoms with Gasteiger partial charge in [-0.05, 0) is 30.3 Å². The molecule has 0 unspecified atom stereocenters. The molecule has 0 bridgehead atoms. The van der Waals surface area contributed by atoms with Crippen LogP contribution in [0.2, 0.25) is 0 Å². The van der Waals surface area contributed by atoms with E-state index in [1.807, 2.05) is 6.07 Å². The van der Waals surface area contributed by atoms with Gasteiger partial charge in [0.15, 0.2) is 5.78 Å². The lowest BCUT2D eigenvalue weighted by Gasteiger charge is -2.14. The molecule has 0 atom stereocenters. The maximum Gasteiger partial charge on any atom is 0.293 e. The molecule has 0 saturated heterocycles. The zero-order chi connectivity index (χ0) is 24.0. The number of benzene rings is 3. The van der Waals surface area contributed by atoms with Crippen molar-refractivity contribution in [1.82, 2.24) is 5.32 Å². The Hall–Kier alpha value is -4.53. The van der Waals surface area contributed by atoms with Crippen molar-refractivity contribution in [3.63, 3.8) is 0 Å². The molecule has 0 fully saturated rings. The Bertz CT molecular complexity index is 1210. The predicted molar refractivity (Wildman–Crippen MR) is 125 cm³/mol. The smallest absolute Gasteiger partial charge is 0.293 e. The molecule has 0 aromatic heterocycles. The van der Waals surface area contributed by atoms with E-state index in [1.54, 1.807) is 55.4 Å². The molecule has 0 spiro atoms. The molecule has 0 radical (unpaired) electrons. The number of hydrogen-bond donors (Lipinski definition) is 2. The molecule has 0 aliphatic rings. The normalized spacial score (nSPS) is 10.2. The van der Waals surface area contributed by atoms with Gasteiger partial charge < -0.3 is 15.5 Å². The third-order valence-corrected chi connectivity index (χ3v) is 4.80. The number of rotatable bonds is 8. The third-order valence-electron chi connectivity index (χ3n) is 4.80. The summed E-state index contributed by atoms with van der Waals surface area (Å²) in [6.45, 7) is -0.292. The van der Waals surface area contributed by atoms with Gasteiger partial charge in [-0.1, -0.05) is 36.4 Å². The topological polar surface area (TPSA) is 122 Å². The highest BCUT2D eigenvalue weighted by Crippen LogP contribution is 2.29. The Morgan fingerprint density at radius 3 is 2.18 bits per heavy atom. The fourth-order valence-electron chi connectivity index (χ4n) is 3.21. The van der Waals surface area contributed by atoms with Gasteiger partial charge in [0.25, 0.3) is 11.6 Å². The van der Waals surface area contributed by atoms with E-state index < -0.39 is 22.5 Å². The monoisotopic (exact) mass is 446 g/mol. The van der Waals surface area contributed by atoms with Crippen LogP contribution < -0.4 is 15.5 Å². The van der Waals surface area contributed by atoms with Gasteiger partial charge in [0.2, 0.25) is 5.91 Å². The molecule has 168 valence electrons. The van der Waals surface area contributed by atoms with E-state index >= 15 is 0 Å². The molecular weight excluding hydrogens is 424 g/mol. The van der Waals surface area contributed by atoms with Crippen LogP contribution in [0.5, 0.6) is 0 Å². The summed E-state index contributed by atoms with van der Waals surface area (Å²) in [6.07, 6.45) is 0. The molecule has 3 aromatic rings. The summed E-state index contributed by atoms with van der Waals surface area (Å²) in [7, 11) is 3.33. The first-order valence-corrected chi connectivity index (χ1v) is 10.0. The highest BCUT2D eigenvalue weighted by Gasteiger charge is 2.23. The zero-order valence-corrected chi connectivity index (χ0v) is 18.1. The van der Waals surface area contributed by atoms with E-state index in [4.69, 9.17) is 0 Å². The van der Waals surface area contributed by atoms with Gasteiger partial charge >= 0.3 is 0 Å². The first-order chi connectivity index (χ1) is 15.8. The van der Waals surface area contributed by atoms with Gasteiger partial charge in [-0.25, -0.2) is 0 Å². The second-order valence-electron chi connectivity index (χ2n) is 7.33. The fraction of sp³-hybridized carbons (Fsp3) is 0.125. The molecule has 9 heteroatoms. The summed E-state index contributed by atoms with van der Waals surface area (Å²) in [6, 6.07) is 19.1. The summed E-state index contributed by atoms with van der Waals surface area (Å²) >= 11 is 0. The molecule has 0 saturated carbocycles. The SMILES string of the molecule is CN(C)c1ccc(C(=O)c2ccccc2C(=O)NCC(=O)Nc2ccccc2)cc1[N+](=O)[O-]. The van der Waals surface area contributed by atoms with Gasteiger partial charge in [0.1, 0.15) is 5.69 Å². The Balaban J connectivity index is 1.79. The molecule has 0 aliphatic heterocycles. The second-order valence-corrected chi connectivity index (χ2v) is 7.33. The lowest BCUT2D eigenvalue weighted by Crippen LogP contribution is -2.33. The first-order valence-electron chi connectivity index (χ1n) is 10.0. The Morgan fingerprint density at radius 1 is 0.909 bits per heavy atom. The average molecular weight is 446 g/mol. The van der Waals surface area contributed by atoms with Crippen LogP contribution in [0.15, 0.2) is 72.8 Å².